The molecule has 2 heterocycles. The molecule has 0 aliphatic carbocycles. The van der Waals surface area contributed by atoms with Gasteiger partial charge in [-0.05, 0) is 6.07 Å². The van der Waals surface area contributed by atoms with Gasteiger partial charge in [-0.15, -0.1) is 0 Å². The van der Waals surface area contributed by atoms with Crippen LogP contribution in [0.1, 0.15) is 11.7 Å². The van der Waals surface area contributed by atoms with E-state index < -0.39 is 0 Å². The third kappa shape index (κ3) is 2.30. The zero-order chi connectivity index (χ0) is 15.8. The molecule has 23 heavy (non-hydrogen) atoms. The number of pyridine rings is 1. The SMILES string of the molecule is CN1c2ccccc2[NH+](C)C1c1cc[n+](-c2ccccc2)cc1. The molecule has 2 aromatic carbocycles. The number of hydrogen-bond acceptors (Lipinski definition) is 1. The monoisotopic (exact) mass is 303 g/mol. The molecule has 3 heteroatoms. The van der Waals surface area contributed by atoms with Gasteiger partial charge >= 0.3 is 0 Å². The van der Waals surface area contributed by atoms with E-state index in [4.69, 9.17) is 0 Å². The third-order valence-electron chi connectivity index (χ3n) is 4.73. The molecule has 1 aliphatic heterocycles. The van der Waals surface area contributed by atoms with Crippen molar-refractivity contribution in [2.24, 2.45) is 0 Å². The Bertz CT molecular complexity index is 783. The molecule has 1 aromatic heterocycles. The highest BCUT2D eigenvalue weighted by Gasteiger charge is 2.37. The van der Waals surface area contributed by atoms with Crippen molar-refractivity contribution in [2.75, 3.05) is 19.0 Å². The van der Waals surface area contributed by atoms with Gasteiger partial charge < -0.3 is 4.90 Å². The van der Waals surface area contributed by atoms with Crippen LogP contribution in [0, 0.1) is 0 Å². The highest BCUT2D eigenvalue weighted by atomic mass is 15.4. The molecule has 1 N–H and O–H groups in total. The van der Waals surface area contributed by atoms with Crippen molar-refractivity contribution in [1.82, 2.24) is 0 Å². The van der Waals surface area contributed by atoms with Gasteiger partial charge in [-0.25, -0.2) is 0 Å². The van der Waals surface area contributed by atoms with E-state index in [2.05, 4.69) is 96.6 Å². The Balaban J connectivity index is 1.67. The first-order valence-corrected chi connectivity index (χ1v) is 7.98. The van der Waals surface area contributed by atoms with Crippen LogP contribution in [0.4, 0.5) is 11.4 Å². The molecule has 1 aliphatic rings. The second kappa shape index (κ2) is 5.52. The predicted molar refractivity (Wildman–Crippen MR) is 92.1 cm³/mol. The number of fused-ring (bicyclic) bond motifs is 1. The van der Waals surface area contributed by atoms with Gasteiger partial charge in [0, 0.05) is 42.9 Å². The predicted octanol–water partition coefficient (Wildman–Crippen LogP) is 2.26. The molecule has 0 spiro atoms. The molecule has 0 radical (unpaired) electrons. The van der Waals surface area contributed by atoms with Crippen molar-refractivity contribution in [2.45, 2.75) is 6.17 Å². The Morgan fingerprint density at radius 1 is 0.870 bits per heavy atom. The zero-order valence-electron chi connectivity index (χ0n) is 13.5. The van der Waals surface area contributed by atoms with Crippen LogP contribution in [0.5, 0.6) is 0 Å². The minimum Gasteiger partial charge on any atom is -0.316 e. The van der Waals surface area contributed by atoms with Crippen LogP contribution in [0.3, 0.4) is 0 Å². The van der Waals surface area contributed by atoms with Gasteiger partial charge in [0.25, 0.3) is 0 Å². The lowest BCUT2D eigenvalue weighted by Gasteiger charge is -2.22. The molecule has 4 rings (SSSR count). The molecular formula is C20H21N3+2. The summed E-state index contributed by atoms with van der Waals surface area (Å²) in [6.07, 6.45) is 4.61. The lowest BCUT2D eigenvalue weighted by Crippen LogP contribution is -3.04. The molecular weight excluding hydrogens is 282 g/mol. The number of quaternary nitrogens is 1. The van der Waals surface area contributed by atoms with Crippen molar-refractivity contribution in [3.05, 3.63) is 84.7 Å². The van der Waals surface area contributed by atoms with Crippen LogP contribution in [-0.2, 0) is 0 Å². The topological polar surface area (TPSA) is 11.6 Å². The number of anilines is 1. The molecule has 114 valence electrons. The minimum atomic E-state index is 0.317. The van der Waals surface area contributed by atoms with Crippen LogP contribution in [0.25, 0.3) is 5.69 Å². The summed E-state index contributed by atoms with van der Waals surface area (Å²) in [6.45, 7) is 0. The van der Waals surface area contributed by atoms with E-state index in [0.29, 0.717) is 6.17 Å². The Labute approximate surface area is 137 Å². The molecule has 3 nitrogen and oxygen atoms in total. The number of benzene rings is 2. The summed E-state index contributed by atoms with van der Waals surface area (Å²) in [4.78, 5) is 3.79. The molecule has 0 saturated heterocycles. The number of rotatable bonds is 2. The van der Waals surface area contributed by atoms with Crippen LogP contribution in [-0.4, -0.2) is 14.1 Å². The molecule has 3 aromatic rings. The van der Waals surface area contributed by atoms with Crippen LogP contribution in [0.15, 0.2) is 79.1 Å². The summed E-state index contributed by atoms with van der Waals surface area (Å²) in [5, 5.41) is 0. The van der Waals surface area contributed by atoms with Crippen LogP contribution in [0.2, 0.25) is 0 Å². The first-order valence-electron chi connectivity index (χ1n) is 7.98. The summed E-state index contributed by atoms with van der Waals surface area (Å²) in [6, 6.07) is 23.5. The van der Waals surface area contributed by atoms with Crippen molar-refractivity contribution >= 4 is 11.4 Å². The third-order valence-corrected chi connectivity index (χ3v) is 4.73. The molecule has 0 saturated carbocycles. The highest BCUT2D eigenvalue weighted by Crippen LogP contribution is 2.33. The number of hydrogen-bond donors (Lipinski definition) is 1. The van der Waals surface area contributed by atoms with Crippen molar-refractivity contribution in [3.8, 4) is 5.69 Å². The quantitative estimate of drug-likeness (QED) is 0.716. The van der Waals surface area contributed by atoms with E-state index in [1.807, 2.05) is 6.07 Å². The van der Waals surface area contributed by atoms with Gasteiger partial charge in [-0.2, -0.15) is 4.57 Å². The average Bonchev–Trinajstić information content (AvgIpc) is 2.87. The normalized spacial score (nSPS) is 19.7. The number of nitrogens with one attached hydrogen (secondary N) is 1. The Hall–Kier alpha value is -2.65. The zero-order valence-corrected chi connectivity index (χ0v) is 13.5. The van der Waals surface area contributed by atoms with Crippen molar-refractivity contribution in [3.63, 3.8) is 0 Å². The minimum absolute atomic E-state index is 0.317. The van der Waals surface area contributed by atoms with Crippen molar-refractivity contribution < 1.29 is 9.47 Å². The standard InChI is InChI=1S/C20H20N3/c1-21-18-10-6-7-11-19(18)22(2)20(21)16-12-14-23(15-13-16)17-8-4-3-5-9-17/h3-15,20H,1-2H3/q+1/p+1. The fourth-order valence-corrected chi connectivity index (χ4v) is 3.56. The lowest BCUT2D eigenvalue weighted by atomic mass is 10.2. The second-order valence-electron chi connectivity index (χ2n) is 6.09. The van der Waals surface area contributed by atoms with E-state index in [1.165, 1.54) is 27.5 Å². The average molecular weight is 303 g/mol. The Morgan fingerprint density at radius 2 is 1.52 bits per heavy atom. The maximum Gasteiger partial charge on any atom is 0.210 e. The van der Waals surface area contributed by atoms with E-state index in [0.717, 1.165) is 0 Å². The summed E-state index contributed by atoms with van der Waals surface area (Å²) < 4.78 is 2.15. The molecule has 0 fully saturated rings. The Kier molecular flexibility index (Phi) is 3.36. The van der Waals surface area contributed by atoms with Gasteiger partial charge in [0.15, 0.2) is 24.2 Å². The van der Waals surface area contributed by atoms with E-state index >= 15 is 0 Å². The van der Waals surface area contributed by atoms with Crippen molar-refractivity contribution in [1.29, 1.82) is 0 Å². The van der Waals surface area contributed by atoms with Gasteiger partial charge in [-0.1, -0.05) is 30.3 Å². The number of para-hydroxylation sites is 3. The first kappa shape index (κ1) is 14.0. The maximum atomic E-state index is 2.37. The highest BCUT2D eigenvalue weighted by molar-refractivity contribution is 5.65. The first-order chi connectivity index (χ1) is 11.3. The van der Waals surface area contributed by atoms with E-state index in [1.54, 1.807) is 0 Å². The van der Waals surface area contributed by atoms with Crippen LogP contribution >= 0.6 is 0 Å². The molecule has 0 bridgehead atoms. The summed E-state index contributed by atoms with van der Waals surface area (Å²) >= 11 is 0. The molecule has 0 amide bonds. The number of nitrogens with zero attached hydrogens (tertiary/aromatic N) is 2. The van der Waals surface area contributed by atoms with E-state index in [-0.39, 0.29) is 0 Å². The maximum absolute atomic E-state index is 2.37. The second-order valence-corrected chi connectivity index (χ2v) is 6.09. The molecule has 2 unspecified atom stereocenters. The summed E-state index contributed by atoms with van der Waals surface area (Å²) in [7, 11) is 4.42. The fourth-order valence-electron chi connectivity index (χ4n) is 3.56. The molecule has 2 atom stereocenters. The fraction of sp³-hybridized carbons (Fsp3) is 0.150. The van der Waals surface area contributed by atoms with Gasteiger partial charge in [0.1, 0.15) is 5.69 Å². The summed E-state index contributed by atoms with van der Waals surface area (Å²) in [5.74, 6) is 0. The van der Waals surface area contributed by atoms with E-state index in [9.17, 15) is 0 Å². The van der Waals surface area contributed by atoms with Gasteiger partial charge in [0.05, 0.1) is 7.05 Å². The Morgan fingerprint density at radius 3 is 2.22 bits per heavy atom. The van der Waals surface area contributed by atoms with Gasteiger partial charge in [0.2, 0.25) is 5.69 Å². The van der Waals surface area contributed by atoms with Crippen LogP contribution < -0.4 is 14.4 Å². The van der Waals surface area contributed by atoms with Gasteiger partial charge in [-0.3, -0.25) is 4.90 Å². The smallest absolute Gasteiger partial charge is 0.210 e. The summed E-state index contributed by atoms with van der Waals surface area (Å²) in [5.41, 5.74) is 5.19. The lowest BCUT2D eigenvalue weighted by molar-refractivity contribution is -0.838. The largest absolute Gasteiger partial charge is 0.316 e. The number of aromatic nitrogens is 1.